The van der Waals surface area contributed by atoms with E-state index in [1.165, 1.54) is 10.4 Å². The monoisotopic (exact) mass is 537 g/mol. The first-order valence-corrected chi connectivity index (χ1v) is 11.2. The summed E-state index contributed by atoms with van der Waals surface area (Å²) < 4.78 is 2.19. The first-order chi connectivity index (χ1) is 14.2. The van der Waals surface area contributed by atoms with E-state index in [9.17, 15) is 0 Å². The Hall–Kier alpha value is -1.87. The molecule has 1 unspecified atom stereocenters. The summed E-state index contributed by atoms with van der Waals surface area (Å²) in [5.41, 5.74) is 1.34. The normalized spacial score (nSPS) is 12.3. The molecular formula is C23H32IN5S. The Morgan fingerprint density at radius 3 is 2.73 bits per heavy atom. The van der Waals surface area contributed by atoms with E-state index in [-0.39, 0.29) is 24.0 Å². The zero-order chi connectivity index (χ0) is 20.3. The summed E-state index contributed by atoms with van der Waals surface area (Å²) in [5.74, 6) is 2.39. The molecule has 0 spiro atoms. The van der Waals surface area contributed by atoms with Crippen LogP contribution in [0.5, 0.6) is 0 Å². The van der Waals surface area contributed by atoms with Crippen LogP contribution in [0.15, 0.2) is 65.2 Å². The van der Waals surface area contributed by atoms with Gasteiger partial charge in [0.1, 0.15) is 12.4 Å². The molecule has 0 bridgehead atoms. The fourth-order valence-corrected chi connectivity index (χ4v) is 4.07. The molecule has 3 aromatic rings. The van der Waals surface area contributed by atoms with E-state index in [1.54, 1.807) is 0 Å². The van der Waals surface area contributed by atoms with Crippen molar-refractivity contribution in [1.82, 2.24) is 20.2 Å². The standard InChI is InChI=1S/C23H31N5S.HI/c1-3-24-23(26-17-19(2)16-21-10-7-15-29-21)27-18-22-25-12-14-28(22)13-11-20-8-5-4-6-9-20;/h4-10,12,14-15,19H,3,11,13,16-18H2,1-2H3,(H2,24,26,27);1H. The number of benzene rings is 1. The van der Waals surface area contributed by atoms with Crippen molar-refractivity contribution in [3.8, 4) is 0 Å². The predicted molar refractivity (Wildman–Crippen MR) is 138 cm³/mol. The zero-order valence-corrected chi connectivity index (χ0v) is 20.9. The second-order valence-corrected chi connectivity index (χ2v) is 8.27. The lowest BCUT2D eigenvalue weighted by molar-refractivity contribution is 0.561. The topological polar surface area (TPSA) is 54.2 Å². The minimum Gasteiger partial charge on any atom is -0.357 e. The van der Waals surface area contributed by atoms with E-state index in [2.05, 4.69) is 81.9 Å². The first kappa shape index (κ1) is 24.4. The average molecular weight is 538 g/mol. The number of hydrogen-bond acceptors (Lipinski definition) is 3. The predicted octanol–water partition coefficient (Wildman–Crippen LogP) is 4.74. The Kier molecular flexibility index (Phi) is 10.9. The third kappa shape index (κ3) is 8.10. The van der Waals surface area contributed by atoms with Gasteiger partial charge < -0.3 is 15.2 Å². The fraction of sp³-hybridized carbons (Fsp3) is 0.391. The molecule has 3 rings (SSSR count). The number of nitrogens with one attached hydrogen (secondary N) is 2. The summed E-state index contributed by atoms with van der Waals surface area (Å²) in [5, 5.41) is 8.96. The van der Waals surface area contributed by atoms with Crippen molar-refractivity contribution in [1.29, 1.82) is 0 Å². The van der Waals surface area contributed by atoms with Crippen LogP contribution in [0, 0.1) is 5.92 Å². The minimum absolute atomic E-state index is 0. The maximum absolute atomic E-state index is 4.75. The van der Waals surface area contributed by atoms with Gasteiger partial charge >= 0.3 is 0 Å². The van der Waals surface area contributed by atoms with E-state index in [4.69, 9.17) is 4.99 Å². The Morgan fingerprint density at radius 2 is 2.00 bits per heavy atom. The first-order valence-electron chi connectivity index (χ1n) is 10.3. The highest BCUT2D eigenvalue weighted by molar-refractivity contribution is 14.0. The minimum atomic E-state index is 0. The maximum atomic E-state index is 4.75. The van der Waals surface area contributed by atoms with Crippen LogP contribution >= 0.6 is 35.3 Å². The van der Waals surface area contributed by atoms with Crippen LogP contribution < -0.4 is 10.6 Å². The largest absolute Gasteiger partial charge is 0.357 e. The van der Waals surface area contributed by atoms with Gasteiger partial charge in [0.05, 0.1) is 0 Å². The molecule has 7 heteroatoms. The van der Waals surface area contributed by atoms with Crippen molar-refractivity contribution < 1.29 is 0 Å². The molecule has 2 N–H and O–H groups in total. The fourth-order valence-electron chi connectivity index (χ4n) is 3.20. The summed E-state index contributed by atoms with van der Waals surface area (Å²) in [7, 11) is 0. The number of thiophene rings is 1. The number of hydrogen-bond donors (Lipinski definition) is 2. The Morgan fingerprint density at radius 1 is 1.17 bits per heavy atom. The smallest absolute Gasteiger partial charge is 0.191 e. The van der Waals surface area contributed by atoms with Crippen LogP contribution in [0.4, 0.5) is 0 Å². The van der Waals surface area contributed by atoms with E-state index in [0.29, 0.717) is 12.5 Å². The SMILES string of the molecule is CCNC(=NCc1nccn1CCc1ccccc1)NCC(C)Cc1cccs1.I. The van der Waals surface area contributed by atoms with Gasteiger partial charge in [-0.2, -0.15) is 0 Å². The summed E-state index contributed by atoms with van der Waals surface area (Å²) >= 11 is 1.82. The summed E-state index contributed by atoms with van der Waals surface area (Å²) in [6.07, 6.45) is 5.98. The second kappa shape index (κ2) is 13.4. The molecule has 1 atom stereocenters. The van der Waals surface area contributed by atoms with E-state index in [1.807, 2.05) is 23.7 Å². The molecule has 0 saturated carbocycles. The molecule has 0 saturated heterocycles. The molecule has 162 valence electrons. The number of aromatic nitrogens is 2. The summed E-state index contributed by atoms with van der Waals surface area (Å²) in [6, 6.07) is 14.9. The quantitative estimate of drug-likeness (QED) is 0.223. The van der Waals surface area contributed by atoms with Gasteiger partial charge in [-0.3, -0.25) is 0 Å². The van der Waals surface area contributed by atoms with Crippen LogP contribution in [0.25, 0.3) is 0 Å². The maximum Gasteiger partial charge on any atom is 0.191 e. The van der Waals surface area contributed by atoms with Gasteiger partial charge in [-0.1, -0.05) is 43.3 Å². The zero-order valence-electron chi connectivity index (χ0n) is 17.8. The molecule has 0 aliphatic heterocycles. The molecule has 2 aromatic heterocycles. The Labute approximate surface area is 201 Å². The lowest BCUT2D eigenvalue weighted by Gasteiger charge is -2.15. The van der Waals surface area contributed by atoms with Crippen molar-refractivity contribution in [2.75, 3.05) is 13.1 Å². The van der Waals surface area contributed by atoms with Crippen LogP contribution in [0.1, 0.15) is 30.1 Å². The molecule has 0 amide bonds. The molecule has 1 aromatic carbocycles. The van der Waals surface area contributed by atoms with Crippen LogP contribution in [0.3, 0.4) is 0 Å². The van der Waals surface area contributed by atoms with Crippen molar-refractivity contribution in [3.63, 3.8) is 0 Å². The Balaban J connectivity index is 0.00000320. The summed E-state index contributed by atoms with van der Waals surface area (Å²) in [6.45, 7) is 7.58. The highest BCUT2D eigenvalue weighted by atomic mass is 127. The number of imidazole rings is 1. The summed E-state index contributed by atoms with van der Waals surface area (Å²) in [4.78, 5) is 10.7. The average Bonchev–Trinajstić information content (AvgIpc) is 3.41. The van der Waals surface area contributed by atoms with Gasteiger partial charge in [0, 0.05) is 36.9 Å². The Bertz CT molecular complexity index is 861. The molecule has 0 fully saturated rings. The third-order valence-corrected chi connectivity index (χ3v) is 5.66. The van der Waals surface area contributed by atoms with Crippen LogP contribution in [-0.2, 0) is 25.9 Å². The van der Waals surface area contributed by atoms with Gasteiger partial charge in [0.2, 0.25) is 0 Å². The number of halogens is 1. The molecular weight excluding hydrogens is 505 g/mol. The lowest BCUT2D eigenvalue weighted by atomic mass is 10.1. The van der Waals surface area contributed by atoms with Crippen molar-refractivity contribution in [2.45, 2.75) is 39.8 Å². The molecule has 0 aliphatic rings. The highest BCUT2D eigenvalue weighted by Gasteiger charge is 2.07. The van der Waals surface area contributed by atoms with Crippen molar-refractivity contribution >= 4 is 41.3 Å². The van der Waals surface area contributed by atoms with E-state index in [0.717, 1.165) is 44.3 Å². The van der Waals surface area contributed by atoms with Gasteiger partial charge in [-0.15, -0.1) is 35.3 Å². The number of nitrogens with zero attached hydrogens (tertiary/aromatic N) is 3. The highest BCUT2D eigenvalue weighted by Crippen LogP contribution is 2.13. The number of aliphatic imine (C=N–C) groups is 1. The lowest BCUT2D eigenvalue weighted by Crippen LogP contribution is -2.39. The van der Waals surface area contributed by atoms with Crippen molar-refractivity contribution in [3.05, 3.63) is 76.5 Å². The number of guanidine groups is 1. The van der Waals surface area contributed by atoms with E-state index >= 15 is 0 Å². The van der Waals surface area contributed by atoms with Gasteiger partial charge in [0.15, 0.2) is 5.96 Å². The molecule has 5 nitrogen and oxygen atoms in total. The molecule has 0 aliphatic carbocycles. The number of aryl methyl sites for hydroxylation is 2. The van der Waals surface area contributed by atoms with Gasteiger partial charge in [0.25, 0.3) is 0 Å². The molecule has 30 heavy (non-hydrogen) atoms. The second-order valence-electron chi connectivity index (χ2n) is 7.24. The third-order valence-electron chi connectivity index (χ3n) is 4.76. The van der Waals surface area contributed by atoms with Gasteiger partial charge in [-0.25, -0.2) is 9.98 Å². The molecule has 2 heterocycles. The molecule has 0 radical (unpaired) electrons. The van der Waals surface area contributed by atoms with E-state index < -0.39 is 0 Å². The van der Waals surface area contributed by atoms with Crippen LogP contribution in [0.2, 0.25) is 0 Å². The number of rotatable bonds is 10. The van der Waals surface area contributed by atoms with Crippen LogP contribution in [-0.4, -0.2) is 28.6 Å². The van der Waals surface area contributed by atoms with Crippen molar-refractivity contribution in [2.24, 2.45) is 10.9 Å². The van der Waals surface area contributed by atoms with Gasteiger partial charge in [-0.05, 0) is 42.7 Å².